The van der Waals surface area contributed by atoms with E-state index in [1.807, 2.05) is 18.2 Å². The van der Waals surface area contributed by atoms with Crippen LogP contribution in [0.2, 0.25) is 0 Å². The second-order valence-electron chi connectivity index (χ2n) is 4.64. The molecule has 1 saturated carbocycles. The zero-order valence-electron chi connectivity index (χ0n) is 10.6. The minimum atomic E-state index is 0.259. The number of hydrogen-bond donors (Lipinski definition) is 0. The summed E-state index contributed by atoms with van der Waals surface area (Å²) in [4.78, 5) is 0. The maximum absolute atomic E-state index is 6.32. The first kappa shape index (κ1) is 12.6. The third-order valence-electron chi connectivity index (χ3n) is 3.80. The standard InChI is InChI=1S/C14H19ClO2/c1-9-10(7-8-11(9)15)14-12(16-2)5-4-6-13(14)17-3/h4-6,9-11H,7-8H2,1-3H3. The molecule has 3 atom stereocenters. The maximum atomic E-state index is 6.32. The van der Waals surface area contributed by atoms with Gasteiger partial charge >= 0.3 is 0 Å². The number of ether oxygens (including phenoxy) is 2. The Kier molecular flexibility index (Phi) is 3.82. The predicted octanol–water partition coefficient (Wildman–Crippen LogP) is 3.82. The van der Waals surface area contributed by atoms with Gasteiger partial charge in [0.05, 0.1) is 14.2 Å². The Morgan fingerprint density at radius 3 is 2.12 bits per heavy atom. The fourth-order valence-corrected chi connectivity index (χ4v) is 3.07. The molecule has 1 fully saturated rings. The van der Waals surface area contributed by atoms with Crippen LogP contribution in [0, 0.1) is 5.92 Å². The minimum Gasteiger partial charge on any atom is -0.496 e. The summed E-state index contributed by atoms with van der Waals surface area (Å²) in [7, 11) is 3.41. The Morgan fingerprint density at radius 2 is 1.71 bits per heavy atom. The van der Waals surface area contributed by atoms with Crippen molar-refractivity contribution in [2.24, 2.45) is 5.92 Å². The van der Waals surface area contributed by atoms with Gasteiger partial charge in [0.2, 0.25) is 0 Å². The summed E-state index contributed by atoms with van der Waals surface area (Å²) in [5, 5.41) is 0.259. The number of halogens is 1. The molecule has 1 aromatic carbocycles. The van der Waals surface area contributed by atoms with E-state index in [1.54, 1.807) is 14.2 Å². The molecule has 94 valence electrons. The fraction of sp³-hybridized carbons (Fsp3) is 0.571. The van der Waals surface area contributed by atoms with Gasteiger partial charge in [0, 0.05) is 10.9 Å². The summed E-state index contributed by atoms with van der Waals surface area (Å²) >= 11 is 6.32. The monoisotopic (exact) mass is 254 g/mol. The molecule has 0 N–H and O–H groups in total. The molecule has 0 aliphatic heterocycles. The van der Waals surface area contributed by atoms with Crippen LogP contribution in [0.15, 0.2) is 18.2 Å². The average Bonchev–Trinajstić information content (AvgIpc) is 2.69. The fourth-order valence-electron chi connectivity index (χ4n) is 2.77. The molecular formula is C14H19ClO2. The van der Waals surface area contributed by atoms with Gasteiger partial charge in [-0.15, -0.1) is 11.6 Å². The van der Waals surface area contributed by atoms with Crippen molar-refractivity contribution in [2.45, 2.75) is 31.1 Å². The largest absolute Gasteiger partial charge is 0.496 e. The normalized spacial score (nSPS) is 28.1. The van der Waals surface area contributed by atoms with E-state index in [1.165, 1.54) is 5.56 Å². The van der Waals surface area contributed by atoms with Gasteiger partial charge in [-0.05, 0) is 36.8 Å². The second-order valence-corrected chi connectivity index (χ2v) is 5.20. The second kappa shape index (κ2) is 5.18. The van der Waals surface area contributed by atoms with E-state index in [4.69, 9.17) is 21.1 Å². The van der Waals surface area contributed by atoms with Crippen LogP contribution in [0.3, 0.4) is 0 Å². The van der Waals surface area contributed by atoms with Crippen molar-refractivity contribution in [3.63, 3.8) is 0 Å². The van der Waals surface area contributed by atoms with Crippen LogP contribution in [-0.2, 0) is 0 Å². The van der Waals surface area contributed by atoms with Crippen molar-refractivity contribution in [3.05, 3.63) is 23.8 Å². The topological polar surface area (TPSA) is 18.5 Å². The van der Waals surface area contributed by atoms with Crippen molar-refractivity contribution in [3.8, 4) is 11.5 Å². The van der Waals surface area contributed by atoms with E-state index in [-0.39, 0.29) is 5.38 Å². The van der Waals surface area contributed by atoms with Gasteiger partial charge in [-0.1, -0.05) is 13.0 Å². The molecule has 0 amide bonds. The van der Waals surface area contributed by atoms with Crippen molar-refractivity contribution in [1.29, 1.82) is 0 Å². The Labute approximate surface area is 108 Å². The van der Waals surface area contributed by atoms with Crippen LogP contribution >= 0.6 is 11.6 Å². The molecule has 0 heterocycles. The van der Waals surface area contributed by atoms with E-state index >= 15 is 0 Å². The molecule has 1 aliphatic carbocycles. The summed E-state index contributed by atoms with van der Waals surface area (Å²) in [6, 6.07) is 5.94. The molecule has 0 radical (unpaired) electrons. The third kappa shape index (κ3) is 2.23. The highest BCUT2D eigenvalue weighted by molar-refractivity contribution is 6.21. The molecule has 3 heteroatoms. The number of alkyl halides is 1. The smallest absolute Gasteiger partial charge is 0.126 e. The van der Waals surface area contributed by atoms with E-state index in [9.17, 15) is 0 Å². The zero-order chi connectivity index (χ0) is 12.4. The lowest BCUT2D eigenvalue weighted by molar-refractivity contribution is 0.370. The highest BCUT2D eigenvalue weighted by Gasteiger charge is 2.35. The lowest BCUT2D eigenvalue weighted by atomic mass is 9.88. The molecule has 0 saturated heterocycles. The summed E-state index contributed by atoms with van der Waals surface area (Å²) in [5.74, 6) is 2.71. The zero-order valence-corrected chi connectivity index (χ0v) is 11.3. The Balaban J connectivity index is 2.42. The lowest BCUT2D eigenvalue weighted by Crippen LogP contribution is -2.11. The molecule has 2 nitrogen and oxygen atoms in total. The Hall–Kier alpha value is -0.890. The van der Waals surface area contributed by atoms with E-state index < -0.39 is 0 Å². The van der Waals surface area contributed by atoms with Gasteiger partial charge in [0.15, 0.2) is 0 Å². The number of benzene rings is 1. The predicted molar refractivity (Wildman–Crippen MR) is 70.3 cm³/mol. The first-order chi connectivity index (χ1) is 8.19. The number of rotatable bonds is 3. The lowest BCUT2D eigenvalue weighted by Gasteiger charge is -2.22. The summed E-state index contributed by atoms with van der Waals surface area (Å²) in [6.45, 7) is 2.21. The average molecular weight is 255 g/mol. The van der Waals surface area contributed by atoms with Gasteiger partial charge in [0.25, 0.3) is 0 Å². The van der Waals surface area contributed by atoms with Crippen LogP contribution in [0.5, 0.6) is 11.5 Å². The van der Waals surface area contributed by atoms with Crippen LogP contribution in [-0.4, -0.2) is 19.6 Å². The third-order valence-corrected chi connectivity index (χ3v) is 4.41. The number of hydrogen-bond acceptors (Lipinski definition) is 2. The Morgan fingerprint density at radius 1 is 1.12 bits per heavy atom. The van der Waals surface area contributed by atoms with Gasteiger partial charge in [-0.25, -0.2) is 0 Å². The van der Waals surface area contributed by atoms with Crippen LogP contribution in [0.1, 0.15) is 31.2 Å². The van der Waals surface area contributed by atoms with Crippen molar-refractivity contribution < 1.29 is 9.47 Å². The molecule has 0 bridgehead atoms. The summed E-state index contributed by atoms with van der Waals surface area (Å²) in [5.41, 5.74) is 1.17. The SMILES string of the molecule is COc1cccc(OC)c1C1CCC(Cl)C1C. The van der Waals surface area contributed by atoms with Crippen molar-refractivity contribution >= 4 is 11.6 Å². The van der Waals surface area contributed by atoms with Crippen molar-refractivity contribution in [1.82, 2.24) is 0 Å². The van der Waals surface area contributed by atoms with Gasteiger partial charge in [-0.3, -0.25) is 0 Å². The minimum absolute atomic E-state index is 0.259. The quantitative estimate of drug-likeness (QED) is 0.764. The Bertz CT molecular complexity index is 370. The first-order valence-electron chi connectivity index (χ1n) is 6.04. The molecule has 2 rings (SSSR count). The molecule has 0 spiro atoms. The summed E-state index contributed by atoms with van der Waals surface area (Å²) in [6.07, 6.45) is 2.17. The molecule has 0 aromatic heterocycles. The van der Waals surface area contributed by atoms with Crippen molar-refractivity contribution in [2.75, 3.05) is 14.2 Å². The number of methoxy groups -OCH3 is 2. The maximum Gasteiger partial charge on any atom is 0.126 e. The highest BCUT2D eigenvalue weighted by atomic mass is 35.5. The highest BCUT2D eigenvalue weighted by Crippen LogP contribution is 2.48. The molecule has 17 heavy (non-hydrogen) atoms. The van der Waals surface area contributed by atoms with E-state index in [0.29, 0.717) is 11.8 Å². The molecule has 3 unspecified atom stereocenters. The van der Waals surface area contributed by atoms with Gasteiger partial charge in [-0.2, -0.15) is 0 Å². The molecule has 1 aromatic rings. The van der Waals surface area contributed by atoms with Gasteiger partial charge < -0.3 is 9.47 Å². The van der Waals surface area contributed by atoms with Crippen LogP contribution in [0.25, 0.3) is 0 Å². The van der Waals surface area contributed by atoms with E-state index in [0.717, 1.165) is 24.3 Å². The van der Waals surface area contributed by atoms with Gasteiger partial charge in [0.1, 0.15) is 11.5 Å². The van der Waals surface area contributed by atoms with Crippen LogP contribution < -0.4 is 9.47 Å². The van der Waals surface area contributed by atoms with Crippen LogP contribution in [0.4, 0.5) is 0 Å². The summed E-state index contributed by atoms with van der Waals surface area (Å²) < 4.78 is 10.9. The molecule has 1 aliphatic rings. The first-order valence-corrected chi connectivity index (χ1v) is 6.47. The molecular weight excluding hydrogens is 236 g/mol. The van der Waals surface area contributed by atoms with E-state index in [2.05, 4.69) is 6.92 Å².